The molecule has 3 rings (SSSR count). The highest BCUT2D eigenvalue weighted by Crippen LogP contribution is 2.16. The molecule has 1 saturated heterocycles. The molecule has 0 bridgehead atoms. The largest absolute Gasteiger partial charge is 0.364 e. The highest BCUT2D eigenvalue weighted by molar-refractivity contribution is 5.80. The summed E-state index contributed by atoms with van der Waals surface area (Å²) in [5.74, 6) is 0.951. The third kappa shape index (κ3) is 5.08. The third-order valence-electron chi connectivity index (χ3n) is 4.95. The van der Waals surface area contributed by atoms with Crippen LogP contribution >= 0.6 is 0 Å². The van der Waals surface area contributed by atoms with Crippen LogP contribution in [0.4, 0.5) is 0 Å². The molecular formula is C18H30N8O. The van der Waals surface area contributed by atoms with E-state index >= 15 is 0 Å². The summed E-state index contributed by atoms with van der Waals surface area (Å²) in [6.45, 7) is 5.46. The van der Waals surface area contributed by atoms with Gasteiger partial charge >= 0.3 is 0 Å². The summed E-state index contributed by atoms with van der Waals surface area (Å²) in [6.07, 6.45) is 5.62. The fraction of sp³-hybridized carbons (Fsp3) is 0.611. The van der Waals surface area contributed by atoms with Gasteiger partial charge in [0, 0.05) is 71.2 Å². The highest BCUT2D eigenvalue weighted by Gasteiger charge is 2.22. The monoisotopic (exact) mass is 374 g/mol. The normalized spacial score (nSPS) is 17.5. The number of aryl methyl sites for hydroxylation is 1. The van der Waals surface area contributed by atoms with Crippen LogP contribution in [0.1, 0.15) is 17.3 Å². The van der Waals surface area contributed by atoms with E-state index in [2.05, 4.69) is 55.6 Å². The van der Waals surface area contributed by atoms with Gasteiger partial charge in [-0.15, -0.1) is 0 Å². The Labute approximate surface area is 160 Å². The van der Waals surface area contributed by atoms with Crippen LogP contribution in [0.3, 0.4) is 0 Å². The van der Waals surface area contributed by atoms with E-state index in [0.29, 0.717) is 0 Å². The van der Waals surface area contributed by atoms with Crippen LogP contribution in [-0.4, -0.2) is 89.5 Å². The Morgan fingerprint density at radius 1 is 1.33 bits per heavy atom. The van der Waals surface area contributed by atoms with Crippen molar-refractivity contribution in [2.24, 2.45) is 12.0 Å². The molecule has 0 aromatic carbocycles. The smallest absolute Gasteiger partial charge is 0.193 e. The summed E-state index contributed by atoms with van der Waals surface area (Å²) in [6, 6.07) is 2.16. The quantitative estimate of drug-likeness (QED) is 0.579. The van der Waals surface area contributed by atoms with Gasteiger partial charge in [0.05, 0.1) is 17.9 Å². The van der Waals surface area contributed by atoms with Gasteiger partial charge in [0.1, 0.15) is 6.26 Å². The van der Waals surface area contributed by atoms with E-state index in [1.54, 1.807) is 6.26 Å². The van der Waals surface area contributed by atoms with Crippen LogP contribution < -0.4 is 5.32 Å². The van der Waals surface area contributed by atoms with Crippen molar-refractivity contribution < 1.29 is 4.52 Å². The minimum Gasteiger partial charge on any atom is -0.364 e. The summed E-state index contributed by atoms with van der Waals surface area (Å²) < 4.78 is 6.76. The predicted octanol–water partition coefficient (Wildman–Crippen LogP) is 0.404. The molecule has 0 radical (unpaired) electrons. The molecule has 1 N–H and O–H groups in total. The summed E-state index contributed by atoms with van der Waals surface area (Å²) in [5.41, 5.74) is 2.18. The Morgan fingerprint density at radius 3 is 2.67 bits per heavy atom. The van der Waals surface area contributed by atoms with Crippen molar-refractivity contribution in [3.05, 3.63) is 36.0 Å². The van der Waals surface area contributed by atoms with E-state index in [9.17, 15) is 0 Å². The Hall–Kier alpha value is -2.39. The van der Waals surface area contributed by atoms with E-state index < -0.39 is 0 Å². The van der Waals surface area contributed by atoms with Gasteiger partial charge in [-0.05, 0) is 14.1 Å². The van der Waals surface area contributed by atoms with Crippen LogP contribution in [0.25, 0.3) is 0 Å². The third-order valence-corrected chi connectivity index (χ3v) is 4.95. The average Bonchev–Trinajstić information content (AvgIpc) is 3.31. The molecule has 0 saturated carbocycles. The lowest BCUT2D eigenvalue weighted by Crippen LogP contribution is -2.53. The molecule has 0 spiro atoms. The number of piperazine rings is 1. The summed E-state index contributed by atoms with van der Waals surface area (Å²) in [7, 11) is 7.97. The van der Waals surface area contributed by atoms with Crippen molar-refractivity contribution in [3.8, 4) is 0 Å². The minimum absolute atomic E-state index is 0.240. The molecule has 1 atom stereocenters. The molecule has 1 aliphatic heterocycles. The summed E-state index contributed by atoms with van der Waals surface area (Å²) in [4.78, 5) is 11.4. The first-order valence-corrected chi connectivity index (χ1v) is 9.29. The number of aromatic nitrogens is 3. The van der Waals surface area contributed by atoms with E-state index in [4.69, 9.17) is 4.52 Å². The molecular weight excluding hydrogens is 344 g/mol. The van der Waals surface area contributed by atoms with Crippen LogP contribution in [0.15, 0.2) is 34.2 Å². The van der Waals surface area contributed by atoms with Crippen LogP contribution in [0.2, 0.25) is 0 Å². The second kappa shape index (κ2) is 9.01. The Kier molecular flexibility index (Phi) is 6.46. The number of hydrogen-bond donors (Lipinski definition) is 1. The van der Waals surface area contributed by atoms with Crippen molar-refractivity contribution in [2.45, 2.75) is 12.6 Å². The molecule has 27 heavy (non-hydrogen) atoms. The van der Waals surface area contributed by atoms with E-state index in [1.165, 1.54) is 5.56 Å². The average molecular weight is 374 g/mol. The first-order valence-electron chi connectivity index (χ1n) is 9.29. The van der Waals surface area contributed by atoms with E-state index in [1.807, 2.05) is 31.0 Å². The molecule has 1 unspecified atom stereocenters. The van der Waals surface area contributed by atoms with Gasteiger partial charge in [0.15, 0.2) is 5.96 Å². The van der Waals surface area contributed by atoms with Crippen molar-refractivity contribution in [3.63, 3.8) is 0 Å². The number of nitrogens with zero attached hydrogens (tertiary/aromatic N) is 7. The molecule has 9 heteroatoms. The number of nitrogens with one attached hydrogen (secondary N) is 1. The van der Waals surface area contributed by atoms with Gasteiger partial charge in [-0.25, -0.2) is 0 Å². The lowest BCUT2D eigenvalue weighted by Gasteiger charge is -2.36. The first-order chi connectivity index (χ1) is 13.1. The maximum absolute atomic E-state index is 4.92. The van der Waals surface area contributed by atoms with Gasteiger partial charge in [0.2, 0.25) is 0 Å². The Bertz CT molecular complexity index is 716. The number of aliphatic imine (C=N–C) groups is 1. The predicted molar refractivity (Wildman–Crippen MR) is 104 cm³/mol. The zero-order valence-electron chi connectivity index (χ0n) is 16.7. The van der Waals surface area contributed by atoms with E-state index in [-0.39, 0.29) is 6.04 Å². The number of likely N-dealkylation sites (N-methyl/N-ethyl adjacent to an activating group) is 1. The topological polar surface area (TPSA) is 78.0 Å². The first kappa shape index (κ1) is 19.4. The van der Waals surface area contributed by atoms with Gasteiger partial charge in [-0.3, -0.25) is 14.6 Å². The molecule has 9 nitrogen and oxygen atoms in total. The molecule has 0 amide bonds. The van der Waals surface area contributed by atoms with Crippen LogP contribution in [0.5, 0.6) is 0 Å². The van der Waals surface area contributed by atoms with Gasteiger partial charge in [-0.2, -0.15) is 5.10 Å². The number of guanidine groups is 1. The molecule has 2 aromatic rings. The lowest BCUT2D eigenvalue weighted by molar-refractivity contribution is 0.168. The summed E-state index contributed by atoms with van der Waals surface area (Å²) in [5, 5.41) is 11.8. The van der Waals surface area contributed by atoms with Crippen LogP contribution in [0, 0.1) is 0 Å². The molecule has 148 valence electrons. The fourth-order valence-electron chi connectivity index (χ4n) is 3.40. The lowest BCUT2D eigenvalue weighted by atomic mass is 10.1. The summed E-state index contributed by atoms with van der Waals surface area (Å²) >= 11 is 0. The maximum Gasteiger partial charge on any atom is 0.193 e. The number of rotatable bonds is 6. The fourth-order valence-corrected chi connectivity index (χ4v) is 3.40. The SMILES string of the molecule is CN=C(NCC(c1cnn(C)c1)N(C)C)N1CCN(Cc2ccon2)CC1. The van der Waals surface area contributed by atoms with Crippen molar-refractivity contribution in [1.82, 2.24) is 35.0 Å². The second-order valence-corrected chi connectivity index (χ2v) is 7.11. The second-order valence-electron chi connectivity index (χ2n) is 7.11. The van der Waals surface area contributed by atoms with Crippen LogP contribution in [-0.2, 0) is 13.6 Å². The van der Waals surface area contributed by atoms with Crippen molar-refractivity contribution in [1.29, 1.82) is 0 Å². The molecule has 3 heterocycles. The van der Waals surface area contributed by atoms with Crippen molar-refractivity contribution in [2.75, 3.05) is 53.9 Å². The van der Waals surface area contributed by atoms with Gasteiger partial charge in [0.25, 0.3) is 0 Å². The molecule has 1 aliphatic rings. The van der Waals surface area contributed by atoms with Crippen molar-refractivity contribution >= 4 is 5.96 Å². The molecule has 2 aromatic heterocycles. The van der Waals surface area contributed by atoms with E-state index in [0.717, 1.165) is 50.9 Å². The maximum atomic E-state index is 4.92. The zero-order chi connectivity index (χ0) is 19.2. The van der Waals surface area contributed by atoms with Gasteiger partial charge < -0.3 is 19.6 Å². The Morgan fingerprint density at radius 2 is 2.11 bits per heavy atom. The standard InChI is InChI=1S/C18H30N8O/c1-19-18(20-12-17(23(2)3)15-11-21-24(4)13-15)26-8-6-25(7-9-26)14-16-5-10-27-22-16/h5,10-11,13,17H,6-9,12,14H2,1-4H3,(H,19,20). The molecule has 1 fully saturated rings. The molecule has 0 aliphatic carbocycles. The minimum atomic E-state index is 0.240. The zero-order valence-corrected chi connectivity index (χ0v) is 16.7. The Balaban J connectivity index is 1.51. The van der Waals surface area contributed by atoms with Gasteiger partial charge in [-0.1, -0.05) is 5.16 Å². The number of hydrogen-bond acceptors (Lipinski definition) is 6. The highest BCUT2D eigenvalue weighted by atomic mass is 16.5.